The van der Waals surface area contributed by atoms with Crippen LogP contribution < -0.4 is 16.0 Å². The molecule has 0 bridgehead atoms. The number of rotatable bonds is 8. The van der Waals surface area contributed by atoms with E-state index in [2.05, 4.69) is 16.0 Å². The topological polar surface area (TPSA) is 96.5 Å². The molecule has 3 aromatic carbocycles. The molecule has 0 saturated carbocycles. The monoisotopic (exact) mass is 523 g/mol. The van der Waals surface area contributed by atoms with Crippen molar-refractivity contribution in [3.8, 4) is 0 Å². The van der Waals surface area contributed by atoms with Crippen molar-refractivity contribution in [1.29, 1.82) is 0 Å². The molecule has 1 heterocycles. The maximum Gasteiger partial charge on any atom is 0.329 e. The Balaban J connectivity index is 1.52. The fourth-order valence-corrected chi connectivity index (χ4v) is 4.49. The standard InChI is InChI=1S/C27H23Cl2N3O4/c28-20-12-22(29)26-19(11-25(34)31-21-8-6-17(7-9-21)14-30-16-33)10-24(32-23(26)13-20)27(35)36-15-18-4-2-1-3-5-18/h1-9,11-13,16,24,32H,10,14-15H2,(H,30,33)(H,31,34)/b19-11+. The van der Waals surface area contributed by atoms with Crippen LogP contribution in [0.3, 0.4) is 0 Å². The second kappa shape index (κ2) is 11.7. The summed E-state index contributed by atoms with van der Waals surface area (Å²) >= 11 is 12.7. The Bertz CT molecular complexity index is 1290. The summed E-state index contributed by atoms with van der Waals surface area (Å²) in [6, 6.07) is 19.0. The quantitative estimate of drug-likeness (QED) is 0.214. The van der Waals surface area contributed by atoms with Crippen molar-refractivity contribution in [3.05, 3.63) is 99.5 Å². The number of carbonyl (C=O) groups is 3. The molecule has 0 aliphatic carbocycles. The van der Waals surface area contributed by atoms with Gasteiger partial charge in [0.25, 0.3) is 0 Å². The van der Waals surface area contributed by atoms with E-state index in [1.165, 1.54) is 6.08 Å². The minimum absolute atomic E-state index is 0.138. The van der Waals surface area contributed by atoms with E-state index in [4.69, 9.17) is 27.9 Å². The van der Waals surface area contributed by atoms with Crippen molar-refractivity contribution in [3.63, 3.8) is 0 Å². The van der Waals surface area contributed by atoms with Gasteiger partial charge in [-0.05, 0) is 41.0 Å². The zero-order valence-electron chi connectivity index (χ0n) is 19.1. The Morgan fingerprint density at radius 2 is 1.78 bits per heavy atom. The molecule has 7 nitrogen and oxygen atoms in total. The normalized spacial score (nSPS) is 15.4. The lowest BCUT2D eigenvalue weighted by Gasteiger charge is -2.28. The summed E-state index contributed by atoms with van der Waals surface area (Å²) in [5.74, 6) is -0.828. The van der Waals surface area contributed by atoms with Gasteiger partial charge in [-0.25, -0.2) is 4.79 Å². The Morgan fingerprint density at radius 1 is 1.03 bits per heavy atom. The number of esters is 1. The molecule has 2 amide bonds. The Hall–Kier alpha value is -3.81. The third-order valence-corrected chi connectivity index (χ3v) is 6.07. The highest BCUT2D eigenvalue weighted by Crippen LogP contribution is 2.40. The van der Waals surface area contributed by atoms with Crippen LogP contribution in [0.1, 0.15) is 23.1 Å². The fraction of sp³-hybridized carbons (Fsp3) is 0.148. The molecule has 184 valence electrons. The fourth-order valence-electron chi connectivity index (χ4n) is 3.88. The lowest BCUT2D eigenvalue weighted by atomic mass is 9.91. The second-order valence-corrected chi connectivity index (χ2v) is 9.00. The van der Waals surface area contributed by atoms with E-state index in [1.807, 2.05) is 30.3 Å². The van der Waals surface area contributed by atoms with Crippen LogP contribution in [0.4, 0.5) is 11.4 Å². The van der Waals surface area contributed by atoms with E-state index < -0.39 is 12.0 Å². The van der Waals surface area contributed by atoms with Crippen molar-refractivity contribution in [2.45, 2.75) is 25.6 Å². The first-order chi connectivity index (χ1) is 17.4. The highest BCUT2D eigenvalue weighted by atomic mass is 35.5. The predicted molar refractivity (Wildman–Crippen MR) is 141 cm³/mol. The highest BCUT2D eigenvalue weighted by molar-refractivity contribution is 6.36. The van der Waals surface area contributed by atoms with Crippen molar-refractivity contribution in [2.75, 3.05) is 10.6 Å². The Kier molecular flexibility index (Phi) is 8.25. The highest BCUT2D eigenvalue weighted by Gasteiger charge is 2.30. The van der Waals surface area contributed by atoms with Crippen LogP contribution in [0.25, 0.3) is 5.57 Å². The Labute approximate surface area is 218 Å². The molecule has 0 saturated heterocycles. The first kappa shape index (κ1) is 25.3. The number of hydrogen-bond acceptors (Lipinski definition) is 5. The maximum absolute atomic E-state index is 12.9. The maximum atomic E-state index is 12.9. The van der Waals surface area contributed by atoms with Crippen LogP contribution in [-0.4, -0.2) is 24.3 Å². The lowest BCUT2D eigenvalue weighted by molar-refractivity contribution is -0.145. The van der Waals surface area contributed by atoms with Crippen LogP contribution in [0.15, 0.2) is 72.8 Å². The van der Waals surface area contributed by atoms with Gasteiger partial charge in [-0.2, -0.15) is 0 Å². The van der Waals surface area contributed by atoms with E-state index in [-0.39, 0.29) is 18.9 Å². The molecule has 4 rings (SSSR count). The predicted octanol–water partition coefficient (Wildman–Crippen LogP) is 5.19. The largest absolute Gasteiger partial charge is 0.459 e. The zero-order valence-corrected chi connectivity index (χ0v) is 20.6. The molecule has 0 aromatic heterocycles. The van der Waals surface area contributed by atoms with Gasteiger partial charge in [0.05, 0.1) is 5.02 Å². The molecule has 3 aromatic rings. The average molecular weight is 524 g/mol. The van der Waals surface area contributed by atoms with Gasteiger partial charge in [0.2, 0.25) is 12.3 Å². The Morgan fingerprint density at radius 3 is 2.50 bits per heavy atom. The third-order valence-electron chi connectivity index (χ3n) is 5.55. The summed E-state index contributed by atoms with van der Waals surface area (Å²) in [5.41, 5.74) is 4.09. The number of fused-ring (bicyclic) bond motifs is 1. The molecule has 9 heteroatoms. The van der Waals surface area contributed by atoms with Crippen LogP contribution >= 0.6 is 23.2 Å². The molecular formula is C27H23Cl2N3O4. The van der Waals surface area contributed by atoms with Crippen molar-refractivity contribution in [2.24, 2.45) is 0 Å². The second-order valence-electron chi connectivity index (χ2n) is 8.16. The van der Waals surface area contributed by atoms with Crippen molar-refractivity contribution >= 4 is 58.4 Å². The summed E-state index contributed by atoms with van der Waals surface area (Å²) in [7, 11) is 0. The summed E-state index contributed by atoms with van der Waals surface area (Å²) in [4.78, 5) is 36.2. The molecule has 0 fully saturated rings. The first-order valence-corrected chi connectivity index (χ1v) is 11.9. The van der Waals surface area contributed by atoms with Gasteiger partial charge in [-0.3, -0.25) is 9.59 Å². The lowest BCUT2D eigenvalue weighted by Crippen LogP contribution is -2.35. The summed E-state index contributed by atoms with van der Waals surface area (Å²) < 4.78 is 5.51. The molecule has 1 aliphatic rings. The van der Waals surface area contributed by atoms with Gasteiger partial charge in [-0.1, -0.05) is 65.7 Å². The zero-order chi connectivity index (χ0) is 25.5. The number of anilines is 2. The first-order valence-electron chi connectivity index (χ1n) is 11.2. The molecule has 0 radical (unpaired) electrons. The van der Waals surface area contributed by atoms with Crippen LogP contribution in [-0.2, 0) is 32.3 Å². The number of halogens is 2. The molecule has 0 spiro atoms. The van der Waals surface area contributed by atoms with Crippen molar-refractivity contribution < 1.29 is 19.1 Å². The minimum atomic E-state index is -0.723. The van der Waals surface area contributed by atoms with E-state index in [9.17, 15) is 14.4 Å². The number of ether oxygens (including phenoxy) is 1. The van der Waals surface area contributed by atoms with E-state index in [1.54, 1.807) is 36.4 Å². The van der Waals surface area contributed by atoms with Crippen molar-refractivity contribution in [1.82, 2.24) is 5.32 Å². The van der Waals surface area contributed by atoms with Crippen LogP contribution in [0.2, 0.25) is 10.0 Å². The van der Waals surface area contributed by atoms with Gasteiger partial charge in [-0.15, -0.1) is 0 Å². The van der Waals surface area contributed by atoms with Crippen LogP contribution in [0.5, 0.6) is 0 Å². The summed E-state index contributed by atoms with van der Waals surface area (Å²) in [6.45, 7) is 0.535. The number of hydrogen-bond donors (Lipinski definition) is 3. The minimum Gasteiger partial charge on any atom is -0.459 e. The number of amides is 2. The number of carbonyl (C=O) groups excluding carboxylic acids is 3. The van der Waals surface area contributed by atoms with E-state index in [0.717, 1.165) is 11.1 Å². The van der Waals surface area contributed by atoms with Gasteiger partial charge in [0.15, 0.2) is 0 Å². The van der Waals surface area contributed by atoms with Crippen LogP contribution in [0, 0.1) is 0 Å². The SMILES string of the molecule is O=CNCc1ccc(NC(=O)/C=C2\CC(C(=O)OCc3ccccc3)Nc3cc(Cl)cc(Cl)c32)cc1. The number of nitrogens with one attached hydrogen (secondary N) is 3. The average Bonchev–Trinajstić information content (AvgIpc) is 2.86. The molecule has 1 atom stereocenters. The third kappa shape index (κ3) is 6.44. The van der Waals surface area contributed by atoms with Gasteiger partial charge in [0, 0.05) is 41.0 Å². The molecule has 1 unspecified atom stereocenters. The summed E-state index contributed by atoms with van der Waals surface area (Å²) in [6.07, 6.45) is 2.26. The van der Waals surface area contributed by atoms with Gasteiger partial charge < -0.3 is 20.7 Å². The van der Waals surface area contributed by atoms with Gasteiger partial charge >= 0.3 is 5.97 Å². The summed E-state index contributed by atoms with van der Waals surface area (Å²) in [5, 5.41) is 9.31. The molecule has 3 N–H and O–H groups in total. The van der Waals surface area contributed by atoms with E-state index in [0.29, 0.717) is 45.5 Å². The smallest absolute Gasteiger partial charge is 0.329 e. The van der Waals surface area contributed by atoms with Gasteiger partial charge in [0.1, 0.15) is 12.6 Å². The molecule has 36 heavy (non-hydrogen) atoms. The van der Waals surface area contributed by atoms with E-state index >= 15 is 0 Å². The molecular weight excluding hydrogens is 501 g/mol. The molecule has 1 aliphatic heterocycles. The number of benzene rings is 3.